The molecule has 1 amide bonds. The first-order chi connectivity index (χ1) is 15.1. The van der Waals surface area contributed by atoms with E-state index in [4.69, 9.17) is 0 Å². The Morgan fingerprint density at radius 1 is 1.12 bits per heavy atom. The number of hydrogen-bond donors (Lipinski definition) is 1. The van der Waals surface area contributed by atoms with Gasteiger partial charge in [-0.05, 0) is 50.2 Å². The van der Waals surface area contributed by atoms with Crippen LogP contribution in [0.4, 0.5) is 13.9 Å². The molecule has 0 aliphatic heterocycles. The number of carbonyl (C=O) groups is 1. The van der Waals surface area contributed by atoms with Gasteiger partial charge in [0.2, 0.25) is 10.0 Å². The van der Waals surface area contributed by atoms with E-state index in [1.54, 1.807) is 37.4 Å². The number of sulfonamides is 1. The van der Waals surface area contributed by atoms with Crippen LogP contribution < -0.4 is 10.1 Å². The molecular formula is C21H21F2N3O4S2. The molecule has 3 rings (SSSR count). The summed E-state index contributed by atoms with van der Waals surface area (Å²) in [6, 6.07) is 11.6. The largest absolute Gasteiger partial charge is 0.434 e. The van der Waals surface area contributed by atoms with Crippen molar-refractivity contribution in [2.45, 2.75) is 31.4 Å². The van der Waals surface area contributed by atoms with Crippen molar-refractivity contribution in [1.29, 1.82) is 0 Å². The van der Waals surface area contributed by atoms with Crippen molar-refractivity contribution in [3.05, 3.63) is 59.5 Å². The molecule has 1 aromatic heterocycles. The Morgan fingerprint density at radius 3 is 2.41 bits per heavy atom. The predicted octanol–water partition coefficient (Wildman–Crippen LogP) is 4.69. The molecule has 1 N–H and O–H groups in total. The lowest BCUT2D eigenvalue weighted by atomic mass is 10.1. The number of halogens is 2. The lowest BCUT2D eigenvalue weighted by Gasteiger charge is -2.20. The molecule has 2 aromatic carbocycles. The van der Waals surface area contributed by atoms with Crippen LogP contribution in [0.3, 0.4) is 0 Å². The van der Waals surface area contributed by atoms with Gasteiger partial charge in [0.15, 0.2) is 5.13 Å². The quantitative estimate of drug-likeness (QED) is 0.504. The van der Waals surface area contributed by atoms with Crippen molar-refractivity contribution in [3.63, 3.8) is 0 Å². The van der Waals surface area contributed by atoms with Crippen molar-refractivity contribution in [1.82, 2.24) is 9.29 Å². The number of amides is 1. The van der Waals surface area contributed by atoms with Gasteiger partial charge in [-0.1, -0.05) is 12.1 Å². The fourth-order valence-corrected chi connectivity index (χ4v) is 4.80. The molecule has 0 saturated carbocycles. The van der Waals surface area contributed by atoms with Gasteiger partial charge in [-0.25, -0.2) is 13.4 Å². The lowest BCUT2D eigenvalue weighted by molar-refractivity contribution is -0.0494. The molecule has 7 nitrogen and oxygen atoms in total. The smallest absolute Gasteiger partial charge is 0.387 e. The molecule has 170 valence electrons. The van der Waals surface area contributed by atoms with Crippen LogP contribution in [0.5, 0.6) is 5.75 Å². The molecule has 11 heteroatoms. The second-order valence-corrected chi connectivity index (χ2v) is 9.86. The molecule has 0 atom stereocenters. The molecule has 0 aliphatic rings. The van der Waals surface area contributed by atoms with Crippen molar-refractivity contribution in [2.75, 3.05) is 12.4 Å². The highest BCUT2D eigenvalue weighted by Gasteiger charge is 2.23. The molecule has 0 saturated heterocycles. The zero-order valence-corrected chi connectivity index (χ0v) is 19.1. The third kappa shape index (κ3) is 5.29. The normalized spacial score (nSPS) is 11.9. The number of ether oxygens (including phenoxy) is 1. The molecule has 0 radical (unpaired) electrons. The lowest BCUT2D eigenvalue weighted by Crippen LogP contribution is -2.33. The summed E-state index contributed by atoms with van der Waals surface area (Å²) in [4.78, 5) is 16.9. The maximum Gasteiger partial charge on any atom is 0.387 e. The van der Waals surface area contributed by atoms with Crippen LogP contribution in [-0.4, -0.2) is 43.3 Å². The van der Waals surface area contributed by atoms with Crippen LogP contribution in [0.1, 0.15) is 24.2 Å². The molecule has 0 aliphatic carbocycles. The van der Waals surface area contributed by atoms with E-state index in [9.17, 15) is 22.0 Å². The number of alkyl halides is 2. The van der Waals surface area contributed by atoms with Crippen molar-refractivity contribution in [3.8, 4) is 17.0 Å². The summed E-state index contributed by atoms with van der Waals surface area (Å²) in [7, 11) is -2.16. The third-order valence-corrected chi connectivity index (χ3v) is 7.43. The van der Waals surface area contributed by atoms with Crippen molar-refractivity contribution in [2.24, 2.45) is 0 Å². The first-order valence-electron chi connectivity index (χ1n) is 9.48. The number of anilines is 1. The van der Waals surface area contributed by atoms with Crippen LogP contribution in [-0.2, 0) is 10.0 Å². The van der Waals surface area contributed by atoms with Gasteiger partial charge in [0.25, 0.3) is 5.91 Å². The number of nitrogens with zero attached hydrogens (tertiary/aromatic N) is 2. The van der Waals surface area contributed by atoms with Gasteiger partial charge in [0.1, 0.15) is 5.75 Å². The Morgan fingerprint density at radius 2 is 1.78 bits per heavy atom. The van der Waals surface area contributed by atoms with Gasteiger partial charge >= 0.3 is 6.61 Å². The Hall–Kier alpha value is -2.89. The van der Waals surface area contributed by atoms with Gasteiger partial charge in [0, 0.05) is 29.6 Å². The highest BCUT2D eigenvalue weighted by molar-refractivity contribution is 7.89. The minimum Gasteiger partial charge on any atom is -0.434 e. The number of thiazole rings is 1. The number of aromatic nitrogens is 1. The number of carbonyl (C=O) groups excluding carboxylic acids is 1. The molecule has 0 spiro atoms. The van der Waals surface area contributed by atoms with Crippen molar-refractivity contribution < 1.29 is 26.7 Å². The monoisotopic (exact) mass is 481 g/mol. The summed E-state index contributed by atoms with van der Waals surface area (Å²) in [6.45, 7) is 0.556. The zero-order valence-electron chi connectivity index (χ0n) is 17.5. The van der Waals surface area contributed by atoms with E-state index in [1.807, 2.05) is 0 Å². The number of para-hydroxylation sites is 1. The van der Waals surface area contributed by atoms with Gasteiger partial charge in [0.05, 0.1) is 10.6 Å². The van der Waals surface area contributed by atoms with E-state index in [0.29, 0.717) is 11.3 Å². The fraction of sp³-hybridized carbons (Fsp3) is 0.238. The van der Waals surface area contributed by atoms with Gasteiger partial charge in [-0.2, -0.15) is 13.1 Å². The standard InChI is InChI=1S/C21H21F2N3O4S2/c1-13(2)26(3)32(28,29)15-10-8-14(9-11-15)19(27)25-21-24-17(12-31-21)16-6-4-5-7-18(16)30-20(22)23/h4-13,20H,1-3H3,(H,24,25,27). The van der Waals surface area contributed by atoms with E-state index >= 15 is 0 Å². The topological polar surface area (TPSA) is 88.6 Å². The van der Waals surface area contributed by atoms with Gasteiger partial charge in [-0.3, -0.25) is 10.1 Å². The van der Waals surface area contributed by atoms with Gasteiger partial charge in [-0.15, -0.1) is 11.3 Å². The van der Waals surface area contributed by atoms with E-state index in [-0.39, 0.29) is 27.4 Å². The predicted molar refractivity (Wildman–Crippen MR) is 119 cm³/mol. The van der Waals surface area contributed by atoms with Crippen LogP contribution >= 0.6 is 11.3 Å². The number of benzene rings is 2. The Labute approximate surface area is 188 Å². The molecule has 0 fully saturated rings. The van der Waals surface area contributed by atoms with E-state index in [2.05, 4.69) is 15.0 Å². The molecule has 0 unspecified atom stereocenters. The summed E-state index contributed by atoms with van der Waals surface area (Å²) in [6.07, 6.45) is 0. The second-order valence-electron chi connectivity index (χ2n) is 7.01. The summed E-state index contributed by atoms with van der Waals surface area (Å²) in [5.74, 6) is -0.502. The maximum atomic E-state index is 12.6. The first-order valence-corrected chi connectivity index (χ1v) is 11.8. The molecule has 32 heavy (non-hydrogen) atoms. The minimum absolute atomic E-state index is 0.0196. The van der Waals surface area contributed by atoms with Crippen LogP contribution in [0, 0.1) is 0 Å². The summed E-state index contributed by atoms with van der Waals surface area (Å²) in [5.41, 5.74) is 0.988. The average molecular weight is 482 g/mol. The number of rotatable bonds is 8. The fourth-order valence-electron chi connectivity index (χ4n) is 2.72. The SMILES string of the molecule is CC(C)N(C)S(=O)(=O)c1ccc(C(=O)Nc2nc(-c3ccccc3OC(F)F)cs2)cc1. The van der Waals surface area contributed by atoms with E-state index < -0.39 is 22.5 Å². The van der Waals surface area contributed by atoms with Crippen LogP contribution in [0.15, 0.2) is 58.8 Å². The Balaban J connectivity index is 1.75. The molecule has 0 bridgehead atoms. The third-order valence-electron chi connectivity index (χ3n) is 4.62. The molecular weight excluding hydrogens is 460 g/mol. The number of hydrogen-bond acceptors (Lipinski definition) is 6. The van der Waals surface area contributed by atoms with E-state index in [0.717, 1.165) is 11.3 Å². The average Bonchev–Trinajstić information content (AvgIpc) is 3.21. The first kappa shape index (κ1) is 23.8. The highest BCUT2D eigenvalue weighted by Crippen LogP contribution is 2.33. The molecule has 3 aromatic rings. The summed E-state index contributed by atoms with van der Waals surface area (Å²) < 4.78 is 56.1. The molecule has 1 heterocycles. The number of nitrogens with one attached hydrogen (secondary N) is 1. The van der Waals surface area contributed by atoms with Gasteiger partial charge < -0.3 is 4.74 Å². The summed E-state index contributed by atoms with van der Waals surface area (Å²) in [5, 5.41) is 4.50. The maximum absolute atomic E-state index is 12.6. The highest BCUT2D eigenvalue weighted by atomic mass is 32.2. The Kier molecular flexibility index (Phi) is 7.22. The van der Waals surface area contributed by atoms with Crippen LogP contribution in [0.25, 0.3) is 11.3 Å². The summed E-state index contributed by atoms with van der Waals surface area (Å²) >= 11 is 1.12. The van der Waals surface area contributed by atoms with E-state index in [1.165, 1.54) is 41.7 Å². The second kappa shape index (κ2) is 9.72. The van der Waals surface area contributed by atoms with Crippen LogP contribution in [0.2, 0.25) is 0 Å². The minimum atomic E-state index is -3.65. The van der Waals surface area contributed by atoms with Crippen molar-refractivity contribution >= 4 is 32.4 Å². The Bertz CT molecular complexity index is 1200. The zero-order chi connectivity index (χ0) is 23.5.